The molecule has 5 nitrogen and oxygen atoms in total. The van der Waals surface area contributed by atoms with Crippen LogP contribution in [-0.2, 0) is 10.0 Å². The lowest BCUT2D eigenvalue weighted by atomic mass is 10.2. The number of halogens is 1. The molecule has 1 heterocycles. The van der Waals surface area contributed by atoms with Crippen LogP contribution in [0.4, 0.5) is 0 Å². The summed E-state index contributed by atoms with van der Waals surface area (Å²) in [5.41, 5.74) is 3.64. The van der Waals surface area contributed by atoms with Crippen LogP contribution in [0.1, 0.15) is 6.42 Å². The van der Waals surface area contributed by atoms with E-state index in [9.17, 15) is 8.42 Å². The Bertz CT molecular complexity index is 569. The summed E-state index contributed by atoms with van der Waals surface area (Å²) in [4.78, 5) is 4.70. The first kappa shape index (κ1) is 14.3. The Morgan fingerprint density at radius 3 is 2.53 bits per heavy atom. The molecule has 7 heteroatoms. The first-order valence-corrected chi connectivity index (χ1v) is 7.74. The van der Waals surface area contributed by atoms with Gasteiger partial charge >= 0.3 is 0 Å². The number of likely N-dealkylation sites (N-methyl/N-ethyl adjacent to an activating group) is 1. The van der Waals surface area contributed by atoms with E-state index in [1.807, 2.05) is 13.1 Å². The largest absolute Gasteiger partial charge is 0.312 e. The Morgan fingerprint density at radius 2 is 1.95 bits per heavy atom. The van der Waals surface area contributed by atoms with Gasteiger partial charge in [0.25, 0.3) is 10.0 Å². The molecule has 104 valence electrons. The molecule has 1 aromatic rings. The summed E-state index contributed by atoms with van der Waals surface area (Å²) in [5.74, 6) is 0. The van der Waals surface area contributed by atoms with Gasteiger partial charge in [0.2, 0.25) is 0 Å². The van der Waals surface area contributed by atoms with Gasteiger partial charge in [-0.05, 0) is 31.3 Å². The van der Waals surface area contributed by atoms with Crippen molar-refractivity contribution in [2.45, 2.75) is 11.3 Å². The Hall–Kier alpha value is -1.08. The summed E-state index contributed by atoms with van der Waals surface area (Å²) >= 11 is 5.73. The third kappa shape index (κ3) is 3.94. The van der Waals surface area contributed by atoms with Crippen molar-refractivity contribution < 1.29 is 8.42 Å². The second-order valence-electron chi connectivity index (χ2n) is 4.43. The van der Waals surface area contributed by atoms with Crippen LogP contribution in [0.25, 0.3) is 0 Å². The molecule has 0 unspecified atom stereocenters. The van der Waals surface area contributed by atoms with Gasteiger partial charge in [0, 0.05) is 30.2 Å². The number of hydrazine groups is 1. The van der Waals surface area contributed by atoms with Crippen LogP contribution >= 0.6 is 11.6 Å². The van der Waals surface area contributed by atoms with Gasteiger partial charge in [0.1, 0.15) is 0 Å². The monoisotopic (exact) mass is 301 g/mol. The van der Waals surface area contributed by atoms with E-state index in [-0.39, 0.29) is 4.90 Å². The average molecular weight is 302 g/mol. The van der Waals surface area contributed by atoms with Crippen molar-refractivity contribution in [2.24, 2.45) is 0 Å². The third-order valence-corrected chi connectivity index (χ3v) is 4.40. The highest BCUT2D eigenvalue weighted by Crippen LogP contribution is 2.13. The molecule has 1 aliphatic rings. The van der Waals surface area contributed by atoms with Crippen molar-refractivity contribution in [3.05, 3.63) is 41.1 Å². The smallest absolute Gasteiger partial charge is 0.257 e. The number of benzene rings is 1. The summed E-state index contributed by atoms with van der Waals surface area (Å²) in [6.45, 7) is 1.71. The molecule has 0 radical (unpaired) electrons. The molecule has 2 rings (SSSR count). The lowest BCUT2D eigenvalue weighted by Gasteiger charge is -2.22. The molecule has 0 fully saturated rings. The Balaban J connectivity index is 2.00. The number of hydrogen-bond donors (Lipinski definition) is 2. The predicted molar refractivity (Wildman–Crippen MR) is 75.1 cm³/mol. The van der Waals surface area contributed by atoms with Gasteiger partial charge < -0.3 is 10.3 Å². The summed E-state index contributed by atoms with van der Waals surface area (Å²) in [5, 5.41) is 0.505. The zero-order valence-electron chi connectivity index (χ0n) is 10.6. The Morgan fingerprint density at radius 1 is 1.26 bits per heavy atom. The van der Waals surface area contributed by atoms with E-state index in [4.69, 9.17) is 11.6 Å². The SMILES string of the molecule is CN1CC=C(NNS(=O)(=O)c2ccc(Cl)cc2)CC1. The molecule has 19 heavy (non-hydrogen) atoms. The van der Waals surface area contributed by atoms with Crippen LogP contribution in [0.15, 0.2) is 40.9 Å². The number of sulfonamides is 1. The number of nitrogens with zero attached hydrogens (tertiary/aromatic N) is 1. The van der Waals surface area contributed by atoms with Crippen molar-refractivity contribution in [2.75, 3.05) is 20.1 Å². The van der Waals surface area contributed by atoms with Gasteiger partial charge in [-0.2, -0.15) is 0 Å². The van der Waals surface area contributed by atoms with E-state index in [0.717, 1.165) is 25.2 Å². The fraction of sp³-hybridized carbons (Fsp3) is 0.333. The normalized spacial score (nSPS) is 17.1. The van der Waals surface area contributed by atoms with Crippen molar-refractivity contribution in [3.63, 3.8) is 0 Å². The van der Waals surface area contributed by atoms with Crippen molar-refractivity contribution in [1.82, 2.24) is 15.2 Å². The van der Waals surface area contributed by atoms with E-state index in [1.54, 1.807) is 12.1 Å². The number of hydrogen-bond acceptors (Lipinski definition) is 4. The summed E-state index contributed by atoms with van der Waals surface area (Å²) in [6.07, 6.45) is 2.76. The highest BCUT2D eigenvalue weighted by Gasteiger charge is 2.15. The average Bonchev–Trinajstić information content (AvgIpc) is 2.39. The van der Waals surface area contributed by atoms with Crippen LogP contribution in [0.5, 0.6) is 0 Å². The van der Waals surface area contributed by atoms with E-state index < -0.39 is 10.0 Å². The molecule has 2 N–H and O–H groups in total. The molecule has 0 atom stereocenters. The highest BCUT2D eigenvalue weighted by molar-refractivity contribution is 7.89. The van der Waals surface area contributed by atoms with E-state index in [2.05, 4.69) is 15.2 Å². The Kier molecular flexibility index (Phi) is 4.46. The highest BCUT2D eigenvalue weighted by atomic mass is 35.5. The fourth-order valence-corrected chi connectivity index (χ4v) is 2.69. The molecule has 1 aliphatic heterocycles. The Labute approximate surface area is 118 Å². The van der Waals surface area contributed by atoms with Crippen LogP contribution in [-0.4, -0.2) is 33.5 Å². The fourth-order valence-electron chi connectivity index (χ4n) is 1.69. The van der Waals surface area contributed by atoms with Crippen molar-refractivity contribution >= 4 is 21.6 Å². The van der Waals surface area contributed by atoms with E-state index >= 15 is 0 Å². The molecule has 0 saturated carbocycles. The molecule has 0 aromatic heterocycles. The standard InChI is InChI=1S/C12H16ClN3O2S/c1-16-8-6-11(7-9-16)14-15-19(17,18)12-4-2-10(13)3-5-12/h2-6,14-15H,7-9H2,1H3. The van der Waals surface area contributed by atoms with E-state index in [0.29, 0.717) is 5.02 Å². The molecule has 1 aromatic carbocycles. The molecular formula is C12H16ClN3O2S. The summed E-state index contributed by atoms with van der Waals surface area (Å²) < 4.78 is 24.0. The maximum atomic E-state index is 12.0. The molecule has 0 spiro atoms. The molecule has 0 bridgehead atoms. The lowest BCUT2D eigenvalue weighted by Crippen LogP contribution is -2.39. The molecule has 0 saturated heterocycles. The zero-order valence-corrected chi connectivity index (χ0v) is 12.1. The second-order valence-corrected chi connectivity index (χ2v) is 6.54. The lowest BCUT2D eigenvalue weighted by molar-refractivity contribution is 0.351. The van der Waals surface area contributed by atoms with Gasteiger partial charge in [-0.15, -0.1) is 4.83 Å². The summed E-state index contributed by atoms with van der Waals surface area (Å²) in [7, 11) is -1.55. The number of rotatable bonds is 4. The van der Waals surface area contributed by atoms with Crippen molar-refractivity contribution in [1.29, 1.82) is 0 Å². The van der Waals surface area contributed by atoms with Crippen LogP contribution in [0.2, 0.25) is 5.02 Å². The van der Waals surface area contributed by atoms with Crippen molar-refractivity contribution in [3.8, 4) is 0 Å². The third-order valence-electron chi connectivity index (χ3n) is 2.88. The minimum absolute atomic E-state index is 0.179. The first-order chi connectivity index (χ1) is 8.97. The number of nitrogens with one attached hydrogen (secondary N) is 2. The quantitative estimate of drug-likeness (QED) is 0.824. The maximum Gasteiger partial charge on any atom is 0.257 e. The summed E-state index contributed by atoms with van der Waals surface area (Å²) in [6, 6.07) is 6.03. The molecule has 0 amide bonds. The van der Waals surface area contributed by atoms with E-state index in [1.165, 1.54) is 12.1 Å². The minimum atomic E-state index is -3.56. The van der Waals surface area contributed by atoms with Crippen LogP contribution in [0, 0.1) is 0 Å². The maximum absolute atomic E-state index is 12.0. The van der Waals surface area contributed by atoms with Crippen LogP contribution < -0.4 is 10.3 Å². The van der Waals surface area contributed by atoms with Gasteiger partial charge in [-0.3, -0.25) is 0 Å². The second kappa shape index (κ2) is 5.92. The minimum Gasteiger partial charge on any atom is -0.312 e. The van der Waals surface area contributed by atoms with Gasteiger partial charge in [0.05, 0.1) is 4.90 Å². The van der Waals surface area contributed by atoms with Crippen LogP contribution in [0.3, 0.4) is 0 Å². The molecular weight excluding hydrogens is 286 g/mol. The van der Waals surface area contributed by atoms with Gasteiger partial charge in [-0.25, -0.2) is 8.42 Å². The van der Waals surface area contributed by atoms with Gasteiger partial charge in [0.15, 0.2) is 0 Å². The predicted octanol–water partition coefficient (Wildman–Crippen LogP) is 1.34. The zero-order chi connectivity index (χ0) is 13.9. The molecule has 0 aliphatic carbocycles. The topological polar surface area (TPSA) is 61.4 Å². The van der Waals surface area contributed by atoms with Gasteiger partial charge in [-0.1, -0.05) is 17.7 Å². The first-order valence-electron chi connectivity index (χ1n) is 5.88.